The number of aliphatic hydroxyl groups is 1. The van der Waals surface area contributed by atoms with Crippen molar-refractivity contribution in [2.45, 2.75) is 13.0 Å². The minimum Gasteiger partial charge on any atom is -0.494 e. The molecule has 0 heterocycles. The van der Waals surface area contributed by atoms with E-state index in [1.54, 1.807) is 0 Å². The Morgan fingerprint density at radius 2 is 1.73 bits per heavy atom. The first-order valence-corrected chi connectivity index (χ1v) is 5.98. The monoisotopic (exact) mass is 274 g/mol. The first-order valence-electron chi connectivity index (χ1n) is 4.86. The lowest BCUT2D eigenvalue weighted by molar-refractivity contribution is 0.127. The van der Waals surface area contributed by atoms with Crippen LogP contribution in [0.25, 0.3) is 0 Å². The van der Waals surface area contributed by atoms with E-state index in [2.05, 4.69) is 15.9 Å². The minimum absolute atomic E-state index is 0.291. The maximum absolute atomic E-state index is 9.26. The molecule has 1 aromatic carbocycles. The Bertz CT molecular complexity index is 274. The molecule has 0 aliphatic rings. The molecule has 1 atom stereocenters. The highest BCUT2D eigenvalue weighted by Gasteiger charge is 2.02. The average Bonchev–Trinajstić information content (AvgIpc) is 2.28. The molecule has 84 valence electrons. The van der Waals surface area contributed by atoms with Crippen LogP contribution in [0.4, 0.5) is 0 Å². The highest BCUT2D eigenvalue weighted by molar-refractivity contribution is 9.09. The van der Waals surface area contributed by atoms with Gasteiger partial charge in [-0.1, -0.05) is 15.9 Å². The van der Waals surface area contributed by atoms with Crippen molar-refractivity contribution >= 4 is 15.9 Å². The quantitative estimate of drug-likeness (QED) is 0.809. The molecule has 3 nitrogen and oxygen atoms in total. The van der Waals surface area contributed by atoms with E-state index in [1.165, 1.54) is 0 Å². The van der Waals surface area contributed by atoms with Crippen molar-refractivity contribution in [3.8, 4) is 11.5 Å². The lowest BCUT2D eigenvalue weighted by Crippen LogP contribution is -2.18. The number of aliphatic hydroxyl groups excluding tert-OH is 1. The Morgan fingerprint density at radius 1 is 1.20 bits per heavy atom. The summed E-state index contributed by atoms with van der Waals surface area (Å²) in [6.45, 7) is 2.89. The van der Waals surface area contributed by atoms with E-state index in [9.17, 15) is 5.11 Å². The van der Waals surface area contributed by atoms with Gasteiger partial charge in [0.2, 0.25) is 0 Å². The van der Waals surface area contributed by atoms with Gasteiger partial charge in [-0.15, -0.1) is 0 Å². The average molecular weight is 275 g/mol. The highest BCUT2D eigenvalue weighted by atomic mass is 79.9. The second-order valence-electron chi connectivity index (χ2n) is 3.02. The van der Waals surface area contributed by atoms with Gasteiger partial charge in [0.25, 0.3) is 0 Å². The molecule has 15 heavy (non-hydrogen) atoms. The van der Waals surface area contributed by atoms with Gasteiger partial charge < -0.3 is 14.6 Å². The molecule has 1 rings (SSSR count). The van der Waals surface area contributed by atoms with E-state index >= 15 is 0 Å². The van der Waals surface area contributed by atoms with Gasteiger partial charge in [0.05, 0.1) is 12.7 Å². The molecule has 4 heteroatoms. The number of rotatable bonds is 6. The van der Waals surface area contributed by atoms with Gasteiger partial charge in [0.15, 0.2) is 0 Å². The van der Waals surface area contributed by atoms with Crippen molar-refractivity contribution in [1.82, 2.24) is 0 Å². The summed E-state index contributed by atoms with van der Waals surface area (Å²) in [5, 5.41) is 9.78. The summed E-state index contributed by atoms with van der Waals surface area (Å²) in [5.41, 5.74) is 0. The SMILES string of the molecule is CCOc1ccc(OCC(O)CBr)cc1. The van der Waals surface area contributed by atoms with Crippen LogP contribution in [-0.4, -0.2) is 29.8 Å². The summed E-state index contributed by atoms with van der Waals surface area (Å²) in [6, 6.07) is 7.34. The fourth-order valence-corrected chi connectivity index (χ4v) is 1.22. The van der Waals surface area contributed by atoms with Crippen LogP contribution in [0.3, 0.4) is 0 Å². The third-order valence-corrected chi connectivity index (χ3v) is 2.50. The van der Waals surface area contributed by atoms with Crippen molar-refractivity contribution in [2.24, 2.45) is 0 Å². The molecular weight excluding hydrogens is 260 g/mol. The zero-order chi connectivity index (χ0) is 11.1. The fourth-order valence-electron chi connectivity index (χ4n) is 1.04. The molecule has 1 aromatic rings. The molecular formula is C11H15BrO3. The standard InChI is InChI=1S/C11H15BrO3/c1-2-14-10-3-5-11(6-4-10)15-8-9(13)7-12/h3-6,9,13H,2,7-8H2,1H3. The number of alkyl halides is 1. The summed E-state index contributed by atoms with van der Waals surface area (Å²) < 4.78 is 10.7. The predicted octanol–water partition coefficient (Wildman–Crippen LogP) is 2.22. The van der Waals surface area contributed by atoms with Crippen LogP contribution in [0.2, 0.25) is 0 Å². The second kappa shape index (κ2) is 6.69. The van der Waals surface area contributed by atoms with Crippen molar-refractivity contribution in [3.63, 3.8) is 0 Å². The van der Waals surface area contributed by atoms with Gasteiger partial charge in [0, 0.05) is 5.33 Å². The molecule has 0 aromatic heterocycles. The molecule has 0 saturated carbocycles. The van der Waals surface area contributed by atoms with E-state index in [0.29, 0.717) is 18.5 Å². The number of ether oxygens (including phenoxy) is 2. The number of hydrogen-bond acceptors (Lipinski definition) is 3. The Balaban J connectivity index is 2.42. The molecule has 0 amide bonds. The largest absolute Gasteiger partial charge is 0.494 e. The van der Waals surface area contributed by atoms with E-state index in [0.717, 1.165) is 11.5 Å². The third-order valence-electron chi connectivity index (χ3n) is 1.76. The Labute approximate surface area is 98.1 Å². The molecule has 0 saturated heterocycles. The molecule has 0 aliphatic carbocycles. The van der Waals surface area contributed by atoms with Crippen molar-refractivity contribution < 1.29 is 14.6 Å². The van der Waals surface area contributed by atoms with Crippen molar-refractivity contribution in [3.05, 3.63) is 24.3 Å². The molecule has 0 spiro atoms. The van der Waals surface area contributed by atoms with Crippen LogP contribution < -0.4 is 9.47 Å². The summed E-state index contributed by atoms with van der Waals surface area (Å²) >= 11 is 3.17. The van der Waals surface area contributed by atoms with E-state index < -0.39 is 6.10 Å². The second-order valence-corrected chi connectivity index (χ2v) is 3.67. The number of hydrogen-bond donors (Lipinski definition) is 1. The van der Waals surface area contributed by atoms with Gasteiger partial charge in [-0.3, -0.25) is 0 Å². The number of benzene rings is 1. The van der Waals surface area contributed by atoms with Crippen molar-refractivity contribution in [2.75, 3.05) is 18.5 Å². The van der Waals surface area contributed by atoms with Gasteiger partial charge >= 0.3 is 0 Å². The first kappa shape index (κ1) is 12.3. The van der Waals surface area contributed by atoms with Gasteiger partial charge in [-0.05, 0) is 31.2 Å². The summed E-state index contributed by atoms with van der Waals surface area (Å²) in [6.07, 6.45) is -0.475. The Morgan fingerprint density at radius 3 is 2.20 bits per heavy atom. The zero-order valence-corrected chi connectivity index (χ0v) is 10.2. The van der Waals surface area contributed by atoms with Gasteiger partial charge in [-0.2, -0.15) is 0 Å². The van der Waals surface area contributed by atoms with E-state index in [-0.39, 0.29) is 0 Å². The fraction of sp³-hybridized carbons (Fsp3) is 0.455. The molecule has 0 fully saturated rings. The lowest BCUT2D eigenvalue weighted by Gasteiger charge is -2.10. The Kier molecular flexibility index (Phi) is 5.50. The van der Waals surface area contributed by atoms with E-state index in [1.807, 2.05) is 31.2 Å². The van der Waals surface area contributed by atoms with Gasteiger partial charge in [0.1, 0.15) is 18.1 Å². The lowest BCUT2D eigenvalue weighted by atomic mass is 10.3. The topological polar surface area (TPSA) is 38.7 Å². The molecule has 0 bridgehead atoms. The maximum atomic E-state index is 9.26. The summed E-state index contributed by atoms with van der Waals surface area (Å²) in [7, 11) is 0. The van der Waals surface area contributed by atoms with Crippen LogP contribution in [0.15, 0.2) is 24.3 Å². The minimum atomic E-state index is -0.475. The molecule has 1 N–H and O–H groups in total. The zero-order valence-electron chi connectivity index (χ0n) is 8.65. The predicted molar refractivity (Wildman–Crippen MR) is 62.9 cm³/mol. The first-order chi connectivity index (χ1) is 7.26. The van der Waals surface area contributed by atoms with Crippen molar-refractivity contribution in [1.29, 1.82) is 0 Å². The van der Waals surface area contributed by atoms with Crippen LogP contribution >= 0.6 is 15.9 Å². The third kappa shape index (κ3) is 4.53. The molecule has 0 aliphatic heterocycles. The molecule has 1 unspecified atom stereocenters. The normalized spacial score (nSPS) is 12.2. The molecule has 0 radical (unpaired) electrons. The highest BCUT2D eigenvalue weighted by Crippen LogP contribution is 2.17. The van der Waals surface area contributed by atoms with Crippen LogP contribution in [0, 0.1) is 0 Å². The van der Waals surface area contributed by atoms with Crippen LogP contribution in [-0.2, 0) is 0 Å². The summed E-state index contributed by atoms with van der Waals surface area (Å²) in [5.74, 6) is 1.56. The van der Waals surface area contributed by atoms with Crippen LogP contribution in [0.5, 0.6) is 11.5 Å². The summed E-state index contributed by atoms with van der Waals surface area (Å²) in [4.78, 5) is 0. The smallest absolute Gasteiger partial charge is 0.119 e. The van der Waals surface area contributed by atoms with E-state index in [4.69, 9.17) is 9.47 Å². The number of halogens is 1. The van der Waals surface area contributed by atoms with Crippen LogP contribution in [0.1, 0.15) is 6.92 Å². The maximum Gasteiger partial charge on any atom is 0.119 e. The Hall–Kier alpha value is -0.740. The van der Waals surface area contributed by atoms with Gasteiger partial charge in [-0.25, -0.2) is 0 Å².